The van der Waals surface area contributed by atoms with Crippen molar-refractivity contribution in [1.82, 2.24) is 4.98 Å². The number of carboxylic acid groups (broad SMARTS) is 1. The van der Waals surface area contributed by atoms with Crippen molar-refractivity contribution in [2.45, 2.75) is 9.92 Å². The van der Waals surface area contributed by atoms with Crippen LogP contribution in [0.5, 0.6) is 5.75 Å². The first-order valence-corrected chi connectivity index (χ1v) is 8.56. The normalized spacial score (nSPS) is 10.3. The first kappa shape index (κ1) is 17.7. The molecule has 1 N–H and O–H groups in total. The Kier molecular flexibility index (Phi) is 5.34. The van der Waals surface area contributed by atoms with Gasteiger partial charge in [0.15, 0.2) is 0 Å². The van der Waals surface area contributed by atoms with Crippen LogP contribution in [0.25, 0.3) is 0 Å². The highest BCUT2D eigenvalue weighted by Crippen LogP contribution is 2.27. The smallest absolute Gasteiger partial charge is 0.338 e. The lowest BCUT2D eigenvalue weighted by Gasteiger charge is -2.08. The third kappa shape index (κ3) is 3.92. The van der Waals surface area contributed by atoms with Crippen LogP contribution in [0.3, 0.4) is 0 Å². The molecule has 2 aromatic carbocycles. The number of rotatable bonds is 6. The second-order valence-electron chi connectivity index (χ2n) is 5.32. The highest BCUT2D eigenvalue weighted by Gasteiger charge is 2.21. The van der Waals surface area contributed by atoms with Crippen LogP contribution in [0.2, 0.25) is 0 Å². The molecule has 3 rings (SSSR count). The van der Waals surface area contributed by atoms with Crippen molar-refractivity contribution in [3.63, 3.8) is 0 Å². The van der Waals surface area contributed by atoms with E-state index in [1.165, 1.54) is 24.9 Å². The lowest BCUT2D eigenvalue weighted by molar-refractivity contribution is 0.0691. The van der Waals surface area contributed by atoms with Crippen molar-refractivity contribution < 1.29 is 19.4 Å². The van der Waals surface area contributed by atoms with Crippen LogP contribution >= 0.6 is 11.8 Å². The Balaban J connectivity index is 1.98. The van der Waals surface area contributed by atoms with Gasteiger partial charge in [-0.3, -0.25) is 4.79 Å². The third-order valence-electron chi connectivity index (χ3n) is 3.63. The molecular weight excluding hydrogens is 350 g/mol. The summed E-state index contributed by atoms with van der Waals surface area (Å²) in [6.45, 7) is 0. The standard InChI is InChI=1S/C20H15NO4S/c1-25-14-9-7-13(8-10-14)19(22)18-16(20(23)24)11-12-17(21-18)26-15-5-3-2-4-6-15/h2-12H,1H3,(H,23,24). The van der Waals surface area contributed by atoms with E-state index in [2.05, 4.69) is 4.98 Å². The molecule has 0 bridgehead atoms. The second-order valence-corrected chi connectivity index (χ2v) is 6.42. The molecule has 3 aromatic rings. The molecule has 0 aliphatic heterocycles. The molecular formula is C20H15NO4S. The number of carbonyl (C=O) groups is 2. The van der Waals surface area contributed by atoms with Gasteiger partial charge in [-0.1, -0.05) is 30.0 Å². The van der Waals surface area contributed by atoms with Gasteiger partial charge in [-0.15, -0.1) is 0 Å². The summed E-state index contributed by atoms with van der Waals surface area (Å²) in [4.78, 5) is 29.6. The number of ether oxygens (including phenoxy) is 1. The first-order valence-electron chi connectivity index (χ1n) is 7.74. The number of nitrogens with zero attached hydrogens (tertiary/aromatic N) is 1. The molecule has 0 radical (unpaired) electrons. The molecule has 0 fully saturated rings. The minimum atomic E-state index is -1.19. The Bertz CT molecular complexity index is 940. The zero-order valence-electron chi connectivity index (χ0n) is 13.9. The summed E-state index contributed by atoms with van der Waals surface area (Å²) >= 11 is 1.36. The first-order chi connectivity index (χ1) is 12.6. The van der Waals surface area contributed by atoms with Gasteiger partial charge in [0.05, 0.1) is 12.7 Å². The summed E-state index contributed by atoms with van der Waals surface area (Å²) in [6.07, 6.45) is 0. The van der Waals surface area contributed by atoms with Crippen molar-refractivity contribution in [2.75, 3.05) is 7.11 Å². The maximum atomic E-state index is 12.8. The van der Waals surface area contributed by atoms with Crippen molar-refractivity contribution in [1.29, 1.82) is 0 Å². The minimum absolute atomic E-state index is 0.0800. The molecule has 130 valence electrons. The topological polar surface area (TPSA) is 76.5 Å². The molecule has 0 atom stereocenters. The largest absolute Gasteiger partial charge is 0.497 e. The predicted molar refractivity (Wildman–Crippen MR) is 98.2 cm³/mol. The highest BCUT2D eigenvalue weighted by atomic mass is 32.2. The van der Waals surface area contributed by atoms with Crippen molar-refractivity contribution >= 4 is 23.5 Å². The number of pyridine rings is 1. The number of ketones is 1. The quantitative estimate of drug-likeness (QED) is 0.661. The minimum Gasteiger partial charge on any atom is -0.497 e. The van der Waals surface area contributed by atoms with Gasteiger partial charge in [0.2, 0.25) is 5.78 Å². The average Bonchev–Trinajstić information content (AvgIpc) is 2.68. The number of carboxylic acids is 1. The molecule has 0 aliphatic carbocycles. The van der Waals surface area contributed by atoms with Gasteiger partial charge in [-0.25, -0.2) is 9.78 Å². The molecule has 0 aliphatic rings. The van der Waals surface area contributed by atoms with E-state index in [-0.39, 0.29) is 11.3 Å². The number of aromatic carboxylic acids is 1. The lowest BCUT2D eigenvalue weighted by atomic mass is 10.0. The van der Waals surface area contributed by atoms with Crippen LogP contribution in [0.4, 0.5) is 0 Å². The summed E-state index contributed by atoms with van der Waals surface area (Å²) in [6, 6.07) is 19.0. The van der Waals surface area contributed by atoms with Crippen LogP contribution in [0, 0.1) is 0 Å². The van der Waals surface area contributed by atoms with Gasteiger partial charge < -0.3 is 9.84 Å². The second kappa shape index (κ2) is 7.84. The summed E-state index contributed by atoms with van der Waals surface area (Å²) in [5, 5.41) is 9.96. The number of benzene rings is 2. The van der Waals surface area contributed by atoms with Crippen LogP contribution in [0.1, 0.15) is 26.4 Å². The van der Waals surface area contributed by atoms with E-state index in [0.717, 1.165) is 4.90 Å². The van der Waals surface area contributed by atoms with Gasteiger partial charge in [0, 0.05) is 10.5 Å². The van der Waals surface area contributed by atoms with Gasteiger partial charge in [0.25, 0.3) is 0 Å². The lowest BCUT2D eigenvalue weighted by Crippen LogP contribution is -2.12. The zero-order valence-corrected chi connectivity index (χ0v) is 14.7. The number of hydrogen-bond acceptors (Lipinski definition) is 5. The van der Waals surface area contributed by atoms with E-state index in [4.69, 9.17) is 4.74 Å². The van der Waals surface area contributed by atoms with Gasteiger partial charge in [0.1, 0.15) is 16.5 Å². The fraction of sp³-hybridized carbons (Fsp3) is 0.0500. The van der Waals surface area contributed by atoms with Crippen molar-refractivity contribution in [3.05, 3.63) is 83.6 Å². The SMILES string of the molecule is COc1ccc(C(=O)c2nc(Sc3ccccc3)ccc2C(=O)O)cc1. The van der Waals surface area contributed by atoms with E-state index in [1.807, 2.05) is 30.3 Å². The van der Waals surface area contributed by atoms with Crippen LogP contribution in [-0.4, -0.2) is 29.0 Å². The number of methoxy groups -OCH3 is 1. The fourth-order valence-electron chi connectivity index (χ4n) is 2.33. The zero-order chi connectivity index (χ0) is 18.5. The molecule has 0 unspecified atom stereocenters. The maximum absolute atomic E-state index is 12.8. The predicted octanol–water partition coefficient (Wildman–Crippen LogP) is 4.17. The van der Waals surface area contributed by atoms with Gasteiger partial charge in [-0.2, -0.15) is 0 Å². The van der Waals surface area contributed by atoms with Crippen LogP contribution in [0.15, 0.2) is 76.7 Å². The van der Waals surface area contributed by atoms with E-state index >= 15 is 0 Å². The molecule has 6 heteroatoms. The van der Waals surface area contributed by atoms with Gasteiger partial charge >= 0.3 is 5.97 Å². The summed E-state index contributed by atoms with van der Waals surface area (Å²) in [5.74, 6) is -1.02. The fourth-order valence-corrected chi connectivity index (χ4v) is 3.14. The Morgan fingerprint density at radius 3 is 2.27 bits per heavy atom. The molecule has 5 nitrogen and oxygen atoms in total. The maximum Gasteiger partial charge on any atom is 0.338 e. The molecule has 26 heavy (non-hydrogen) atoms. The number of aromatic nitrogens is 1. The Hall–Kier alpha value is -3.12. The monoisotopic (exact) mass is 365 g/mol. The number of carbonyl (C=O) groups excluding carboxylic acids is 1. The summed E-state index contributed by atoms with van der Waals surface area (Å²) < 4.78 is 5.08. The Labute approximate surface area is 154 Å². The third-order valence-corrected chi connectivity index (χ3v) is 4.58. The van der Waals surface area contributed by atoms with Crippen LogP contribution in [-0.2, 0) is 0 Å². The van der Waals surface area contributed by atoms with Gasteiger partial charge in [-0.05, 0) is 48.5 Å². The molecule has 1 aromatic heterocycles. The molecule has 0 saturated carbocycles. The van der Waals surface area contributed by atoms with E-state index in [0.29, 0.717) is 16.3 Å². The van der Waals surface area contributed by atoms with Crippen LogP contribution < -0.4 is 4.74 Å². The molecule has 0 spiro atoms. The summed E-state index contributed by atoms with van der Waals surface area (Å²) in [7, 11) is 1.53. The summed E-state index contributed by atoms with van der Waals surface area (Å²) in [5.41, 5.74) is 0.148. The number of hydrogen-bond donors (Lipinski definition) is 1. The highest BCUT2D eigenvalue weighted by molar-refractivity contribution is 7.99. The average molecular weight is 365 g/mol. The molecule has 1 heterocycles. The molecule has 0 saturated heterocycles. The van der Waals surface area contributed by atoms with Crippen molar-refractivity contribution in [2.24, 2.45) is 0 Å². The Morgan fingerprint density at radius 2 is 1.65 bits per heavy atom. The van der Waals surface area contributed by atoms with E-state index in [1.54, 1.807) is 30.3 Å². The van der Waals surface area contributed by atoms with Crippen molar-refractivity contribution in [3.8, 4) is 5.75 Å². The Morgan fingerprint density at radius 1 is 0.962 bits per heavy atom. The van der Waals surface area contributed by atoms with E-state index < -0.39 is 11.8 Å². The molecule has 0 amide bonds. The van der Waals surface area contributed by atoms with E-state index in [9.17, 15) is 14.7 Å².